The zero-order chi connectivity index (χ0) is 13.0. The lowest BCUT2D eigenvalue weighted by atomic mass is 10.1. The Labute approximate surface area is 120 Å². The first-order valence-corrected chi connectivity index (χ1v) is 7.53. The highest BCUT2D eigenvalue weighted by Gasteiger charge is 2.11. The maximum absolute atomic E-state index is 5.07. The van der Waals surface area contributed by atoms with Crippen molar-refractivity contribution >= 4 is 27.3 Å². The van der Waals surface area contributed by atoms with Gasteiger partial charge in [-0.05, 0) is 19.4 Å². The van der Waals surface area contributed by atoms with Gasteiger partial charge in [0.05, 0.1) is 10.7 Å². The summed E-state index contributed by atoms with van der Waals surface area (Å²) in [6.45, 7) is 2.93. The molecule has 0 atom stereocenters. The molecule has 96 valence electrons. The van der Waals surface area contributed by atoms with Gasteiger partial charge < -0.3 is 4.74 Å². The summed E-state index contributed by atoms with van der Waals surface area (Å²) in [4.78, 5) is 6.02. The molecule has 0 fully saturated rings. The van der Waals surface area contributed by atoms with Crippen molar-refractivity contribution in [1.29, 1.82) is 0 Å². The summed E-state index contributed by atoms with van der Waals surface area (Å²) in [5.41, 5.74) is 2.27. The quantitative estimate of drug-likeness (QED) is 0.757. The molecular weight excluding hydrogens is 310 g/mol. The van der Waals surface area contributed by atoms with E-state index in [9.17, 15) is 0 Å². The van der Waals surface area contributed by atoms with Gasteiger partial charge in [0.15, 0.2) is 0 Å². The van der Waals surface area contributed by atoms with Crippen LogP contribution in [0.5, 0.6) is 0 Å². The van der Waals surface area contributed by atoms with Crippen LogP contribution in [-0.2, 0) is 11.2 Å². The van der Waals surface area contributed by atoms with E-state index >= 15 is 0 Å². The second-order valence-corrected chi connectivity index (χ2v) is 6.23. The lowest BCUT2D eigenvalue weighted by Gasteiger charge is -2.01. The molecule has 1 aromatic carbocycles. The molecule has 1 heterocycles. The van der Waals surface area contributed by atoms with E-state index in [1.54, 1.807) is 18.4 Å². The summed E-state index contributed by atoms with van der Waals surface area (Å²) in [6.07, 6.45) is 2.02. The third-order valence-electron chi connectivity index (χ3n) is 2.71. The van der Waals surface area contributed by atoms with Crippen LogP contribution in [0.2, 0.25) is 0 Å². The van der Waals surface area contributed by atoms with Gasteiger partial charge in [0.25, 0.3) is 0 Å². The maximum atomic E-state index is 5.07. The second kappa shape index (κ2) is 6.45. The first-order valence-electron chi connectivity index (χ1n) is 5.92. The summed E-state index contributed by atoms with van der Waals surface area (Å²) >= 11 is 5.37. The molecule has 1 aromatic heterocycles. The number of aromatic nitrogens is 1. The average Bonchev–Trinajstić information content (AvgIpc) is 2.71. The van der Waals surface area contributed by atoms with Crippen LogP contribution >= 0.6 is 27.3 Å². The Kier molecular flexibility index (Phi) is 4.92. The van der Waals surface area contributed by atoms with Crippen molar-refractivity contribution in [3.05, 3.63) is 38.6 Å². The Bertz CT molecular complexity index is 524. The van der Waals surface area contributed by atoms with Crippen molar-refractivity contribution in [3.63, 3.8) is 0 Å². The van der Waals surface area contributed by atoms with Crippen LogP contribution in [0, 0.1) is 6.92 Å². The van der Waals surface area contributed by atoms with Crippen molar-refractivity contribution in [3.8, 4) is 11.3 Å². The van der Waals surface area contributed by atoms with Gasteiger partial charge in [-0.15, -0.1) is 11.3 Å². The Morgan fingerprint density at radius 1 is 1.33 bits per heavy atom. The van der Waals surface area contributed by atoms with E-state index in [4.69, 9.17) is 9.72 Å². The monoisotopic (exact) mass is 325 g/mol. The maximum Gasteiger partial charge on any atom is 0.0936 e. The van der Waals surface area contributed by atoms with Crippen LogP contribution in [0.15, 0.2) is 28.7 Å². The first-order chi connectivity index (χ1) is 8.72. The van der Waals surface area contributed by atoms with Crippen molar-refractivity contribution in [2.24, 2.45) is 0 Å². The van der Waals surface area contributed by atoms with Crippen molar-refractivity contribution in [2.75, 3.05) is 13.7 Å². The van der Waals surface area contributed by atoms with E-state index in [0.717, 1.165) is 29.6 Å². The fourth-order valence-corrected chi connectivity index (χ4v) is 3.29. The number of rotatable bonds is 5. The van der Waals surface area contributed by atoms with Gasteiger partial charge in [-0.1, -0.05) is 34.1 Å². The van der Waals surface area contributed by atoms with Crippen molar-refractivity contribution in [2.45, 2.75) is 19.8 Å². The largest absolute Gasteiger partial charge is 0.385 e. The highest BCUT2D eigenvalue weighted by atomic mass is 79.9. The molecule has 0 radical (unpaired) electrons. The molecular formula is C14H16BrNOS. The summed E-state index contributed by atoms with van der Waals surface area (Å²) in [5, 5.41) is 1.19. The van der Waals surface area contributed by atoms with E-state index in [0.29, 0.717) is 0 Å². The highest BCUT2D eigenvalue weighted by molar-refractivity contribution is 9.10. The zero-order valence-corrected chi connectivity index (χ0v) is 13.0. The van der Waals surface area contributed by atoms with Gasteiger partial charge in [0, 0.05) is 35.1 Å². The molecule has 0 spiro atoms. The summed E-state index contributed by atoms with van der Waals surface area (Å²) in [7, 11) is 1.74. The lowest BCUT2D eigenvalue weighted by Crippen LogP contribution is -1.92. The summed E-state index contributed by atoms with van der Waals surface area (Å²) in [6, 6.07) is 8.22. The number of hydrogen-bond donors (Lipinski definition) is 0. The fourth-order valence-electron chi connectivity index (χ4n) is 1.83. The highest BCUT2D eigenvalue weighted by Crippen LogP contribution is 2.32. The third kappa shape index (κ3) is 3.19. The Balaban J connectivity index is 2.22. The van der Waals surface area contributed by atoms with Gasteiger partial charge in [0.2, 0.25) is 0 Å². The fraction of sp³-hybridized carbons (Fsp3) is 0.357. The molecule has 0 unspecified atom stereocenters. The second-order valence-electron chi connectivity index (χ2n) is 4.09. The van der Waals surface area contributed by atoms with Crippen LogP contribution in [0.3, 0.4) is 0 Å². The van der Waals surface area contributed by atoms with Crippen LogP contribution in [0.1, 0.15) is 16.3 Å². The standard InChI is InChI=1S/C14H16BrNOS/c1-10-14(11-6-3-4-7-12(11)15)16-13(18-10)8-5-9-17-2/h3-4,6-7H,5,8-9H2,1-2H3. The molecule has 0 saturated carbocycles. The minimum atomic E-state index is 0.795. The predicted octanol–water partition coefficient (Wildman–Crippen LogP) is 4.46. The van der Waals surface area contributed by atoms with E-state index in [1.165, 1.54) is 15.4 Å². The number of methoxy groups -OCH3 is 1. The van der Waals surface area contributed by atoms with E-state index in [1.807, 2.05) is 12.1 Å². The molecule has 0 aliphatic heterocycles. The molecule has 2 nitrogen and oxygen atoms in total. The topological polar surface area (TPSA) is 22.1 Å². The molecule has 0 amide bonds. The van der Waals surface area contributed by atoms with Crippen molar-refractivity contribution < 1.29 is 4.74 Å². The third-order valence-corrected chi connectivity index (χ3v) is 4.43. The molecule has 0 aliphatic rings. The molecule has 2 rings (SSSR count). The first kappa shape index (κ1) is 13.7. The van der Waals surface area contributed by atoms with Gasteiger partial charge in [-0.3, -0.25) is 0 Å². The zero-order valence-electron chi connectivity index (χ0n) is 10.6. The predicted molar refractivity (Wildman–Crippen MR) is 80.2 cm³/mol. The number of hydrogen-bond acceptors (Lipinski definition) is 3. The van der Waals surface area contributed by atoms with Crippen LogP contribution in [-0.4, -0.2) is 18.7 Å². The molecule has 4 heteroatoms. The Hall–Kier alpha value is -0.710. The molecule has 18 heavy (non-hydrogen) atoms. The number of nitrogens with zero attached hydrogens (tertiary/aromatic N) is 1. The van der Waals surface area contributed by atoms with Crippen LogP contribution in [0.25, 0.3) is 11.3 Å². The lowest BCUT2D eigenvalue weighted by molar-refractivity contribution is 0.195. The SMILES string of the molecule is COCCCc1nc(-c2ccccc2Br)c(C)s1. The number of aryl methyl sites for hydroxylation is 2. The molecule has 0 bridgehead atoms. The van der Waals surface area contributed by atoms with Gasteiger partial charge >= 0.3 is 0 Å². The Morgan fingerprint density at radius 3 is 2.83 bits per heavy atom. The van der Waals surface area contributed by atoms with Gasteiger partial charge in [-0.25, -0.2) is 4.98 Å². The molecule has 0 aliphatic carbocycles. The minimum Gasteiger partial charge on any atom is -0.385 e. The van der Waals surface area contributed by atoms with Crippen LogP contribution < -0.4 is 0 Å². The molecule has 0 N–H and O–H groups in total. The minimum absolute atomic E-state index is 0.795. The smallest absolute Gasteiger partial charge is 0.0936 e. The Morgan fingerprint density at radius 2 is 2.11 bits per heavy atom. The van der Waals surface area contributed by atoms with Gasteiger partial charge in [0.1, 0.15) is 0 Å². The van der Waals surface area contributed by atoms with Crippen LogP contribution in [0.4, 0.5) is 0 Å². The molecule has 0 saturated heterocycles. The van der Waals surface area contributed by atoms with E-state index < -0.39 is 0 Å². The number of benzene rings is 1. The summed E-state index contributed by atoms with van der Waals surface area (Å²) in [5.74, 6) is 0. The number of ether oxygens (including phenoxy) is 1. The number of thiazole rings is 1. The number of halogens is 1. The van der Waals surface area contributed by atoms with E-state index in [-0.39, 0.29) is 0 Å². The van der Waals surface area contributed by atoms with E-state index in [2.05, 4.69) is 35.0 Å². The molecule has 2 aromatic rings. The normalized spacial score (nSPS) is 10.8. The van der Waals surface area contributed by atoms with Crippen molar-refractivity contribution in [1.82, 2.24) is 4.98 Å². The summed E-state index contributed by atoms with van der Waals surface area (Å²) < 4.78 is 6.17. The average molecular weight is 326 g/mol. The van der Waals surface area contributed by atoms with Gasteiger partial charge in [-0.2, -0.15) is 0 Å².